The van der Waals surface area contributed by atoms with Crippen molar-refractivity contribution in [2.24, 2.45) is 0 Å². The second kappa shape index (κ2) is 6.21. The Morgan fingerprint density at radius 2 is 1.95 bits per heavy atom. The van der Waals surface area contributed by atoms with E-state index in [4.69, 9.17) is 21.1 Å². The van der Waals surface area contributed by atoms with Gasteiger partial charge < -0.3 is 14.8 Å². The third-order valence-corrected chi connectivity index (χ3v) is 2.73. The molecule has 1 N–H and O–H groups in total. The molecule has 20 heavy (non-hydrogen) atoms. The number of nitrogens with zero attached hydrogens (tertiary/aromatic N) is 2. The maximum atomic E-state index is 12.1. The molecule has 0 atom stereocenters. The molecule has 7 heteroatoms. The molecule has 1 heterocycles. The lowest BCUT2D eigenvalue weighted by atomic mass is 10.1. The number of anilines is 1. The highest BCUT2D eigenvalue weighted by atomic mass is 35.5. The largest absolute Gasteiger partial charge is 0.497 e. The zero-order valence-electron chi connectivity index (χ0n) is 10.9. The Kier molecular flexibility index (Phi) is 4.37. The molecule has 6 nitrogen and oxygen atoms in total. The number of rotatable bonds is 4. The summed E-state index contributed by atoms with van der Waals surface area (Å²) in [5.41, 5.74) is 0.366. The van der Waals surface area contributed by atoms with Crippen LogP contribution in [-0.4, -0.2) is 30.3 Å². The molecule has 0 spiro atoms. The summed E-state index contributed by atoms with van der Waals surface area (Å²) in [7, 11) is 3.02. The maximum absolute atomic E-state index is 12.1. The predicted molar refractivity (Wildman–Crippen MR) is 74.5 cm³/mol. The first kappa shape index (κ1) is 14.1. The molecule has 1 aromatic heterocycles. The maximum Gasteiger partial charge on any atom is 0.260 e. The van der Waals surface area contributed by atoms with Crippen molar-refractivity contribution < 1.29 is 14.3 Å². The lowest BCUT2D eigenvalue weighted by Crippen LogP contribution is -2.14. The fourth-order valence-corrected chi connectivity index (χ4v) is 1.65. The van der Waals surface area contributed by atoms with Crippen LogP contribution in [0.5, 0.6) is 11.5 Å². The van der Waals surface area contributed by atoms with Crippen molar-refractivity contribution in [2.45, 2.75) is 0 Å². The topological polar surface area (TPSA) is 73.3 Å². The highest BCUT2D eigenvalue weighted by Crippen LogP contribution is 2.25. The summed E-state index contributed by atoms with van der Waals surface area (Å²) in [6.45, 7) is 0. The standard InChI is InChI=1S/C13H12ClN3O3/c1-19-8-3-4-9(10(7-8)20-2)13(18)15-12-6-5-11(14)16-17-12/h3-7H,1-2H3,(H,15,17,18). The summed E-state index contributed by atoms with van der Waals surface area (Å²) in [6.07, 6.45) is 0. The lowest BCUT2D eigenvalue weighted by molar-refractivity contribution is 0.102. The van der Waals surface area contributed by atoms with Gasteiger partial charge in [-0.2, -0.15) is 0 Å². The van der Waals surface area contributed by atoms with E-state index in [1.807, 2.05) is 0 Å². The molecule has 2 rings (SSSR count). The molecule has 0 saturated heterocycles. The quantitative estimate of drug-likeness (QED) is 0.937. The van der Waals surface area contributed by atoms with Gasteiger partial charge in [0, 0.05) is 6.07 Å². The van der Waals surface area contributed by atoms with Crippen molar-refractivity contribution in [3.8, 4) is 11.5 Å². The second-order valence-corrected chi connectivity index (χ2v) is 4.15. The van der Waals surface area contributed by atoms with E-state index < -0.39 is 0 Å². The summed E-state index contributed by atoms with van der Waals surface area (Å²) in [4.78, 5) is 12.1. The minimum absolute atomic E-state index is 0.255. The van der Waals surface area contributed by atoms with Crippen LogP contribution in [0.2, 0.25) is 5.15 Å². The first-order valence-electron chi connectivity index (χ1n) is 5.66. The van der Waals surface area contributed by atoms with Crippen LogP contribution in [0, 0.1) is 0 Å². The molecule has 0 aliphatic carbocycles. The average Bonchev–Trinajstić information content (AvgIpc) is 2.48. The molecule has 1 aromatic carbocycles. The molecule has 0 aliphatic rings. The number of carbonyl (C=O) groups excluding carboxylic acids is 1. The Balaban J connectivity index is 2.22. The fraction of sp³-hybridized carbons (Fsp3) is 0.154. The van der Waals surface area contributed by atoms with Crippen LogP contribution < -0.4 is 14.8 Å². The van der Waals surface area contributed by atoms with Gasteiger partial charge in [0.15, 0.2) is 11.0 Å². The summed E-state index contributed by atoms with van der Waals surface area (Å²) >= 11 is 5.63. The molecular weight excluding hydrogens is 282 g/mol. The summed E-state index contributed by atoms with van der Waals surface area (Å²) in [5.74, 6) is 0.951. The van der Waals surface area contributed by atoms with Crippen LogP contribution in [0.15, 0.2) is 30.3 Å². The monoisotopic (exact) mass is 293 g/mol. The van der Waals surface area contributed by atoms with E-state index in [2.05, 4.69) is 15.5 Å². The van der Waals surface area contributed by atoms with E-state index >= 15 is 0 Å². The van der Waals surface area contributed by atoms with E-state index in [-0.39, 0.29) is 11.1 Å². The zero-order chi connectivity index (χ0) is 14.5. The van der Waals surface area contributed by atoms with Gasteiger partial charge in [-0.05, 0) is 24.3 Å². The number of amides is 1. The first-order chi connectivity index (χ1) is 9.63. The third kappa shape index (κ3) is 3.16. The molecule has 0 unspecified atom stereocenters. The van der Waals surface area contributed by atoms with Crippen molar-refractivity contribution in [3.05, 3.63) is 41.0 Å². The number of hydrogen-bond acceptors (Lipinski definition) is 5. The Bertz CT molecular complexity index is 617. The Morgan fingerprint density at radius 1 is 1.15 bits per heavy atom. The van der Waals surface area contributed by atoms with Crippen molar-refractivity contribution in [2.75, 3.05) is 19.5 Å². The van der Waals surface area contributed by atoms with Gasteiger partial charge in [0.2, 0.25) is 0 Å². The second-order valence-electron chi connectivity index (χ2n) is 3.76. The summed E-state index contributed by atoms with van der Waals surface area (Å²) in [6, 6.07) is 8.00. The van der Waals surface area contributed by atoms with Crippen molar-refractivity contribution >= 4 is 23.3 Å². The number of benzene rings is 1. The number of halogens is 1. The number of hydrogen-bond donors (Lipinski definition) is 1. The van der Waals surface area contributed by atoms with Gasteiger partial charge >= 0.3 is 0 Å². The van der Waals surface area contributed by atoms with Crippen molar-refractivity contribution in [3.63, 3.8) is 0 Å². The Morgan fingerprint density at radius 3 is 2.55 bits per heavy atom. The molecule has 0 bridgehead atoms. The molecule has 0 fully saturated rings. The number of methoxy groups -OCH3 is 2. The van der Waals surface area contributed by atoms with Gasteiger partial charge in [-0.15, -0.1) is 10.2 Å². The SMILES string of the molecule is COc1ccc(C(=O)Nc2ccc(Cl)nn2)c(OC)c1. The normalized spacial score (nSPS) is 9.95. The van der Waals surface area contributed by atoms with Gasteiger partial charge in [-0.1, -0.05) is 11.6 Å². The van der Waals surface area contributed by atoms with Crippen LogP contribution in [0.1, 0.15) is 10.4 Å². The smallest absolute Gasteiger partial charge is 0.260 e. The zero-order valence-corrected chi connectivity index (χ0v) is 11.6. The van der Waals surface area contributed by atoms with E-state index in [9.17, 15) is 4.79 Å². The highest BCUT2D eigenvalue weighted by Gasteiger charge is 2.14. The summed E-state index contributed by atoms with van der Waals surface area (Å²) < 4.78 is 10.2. The van der Waals surface area contributed by atoms with E-state index in [1.165, 1.54) is 20.3 Å². The number of ether oxygens (including phenoxy) is 2. The van der Waals surface area contributed by atoms with Crippen LogP contribution in [0.3, 0.4) is 0 Å². The first-order valence-corrected chi connectivity index (χ1v) is 6.04. The molecule has 104 valence electrons. The van der Waals surface area contributed by atoms with Gasteiger partial charge in [-0.3, -0.25) is 4.79 Å². The summed E-state index contributed by atoms with van der Waals surface area (Å²) in [5, 5.41) is 10.3. The Labute approximate surface area is 120 Å². The van der Waals surface area contributed by atoms with Gasteiger partial charge in [0.05, 0.1) is 19.8 Å². The molecule has 0 aliphatic heterocycles. The minimum atomic E-state index is -0.360. The predicted octanol–water partition coefficient (Wildman–Crippen LogP) is 2.40. The van der Waals surface area contributed by atoms with Crippen LogP contribution in [0.25, 0.3) is 0 Å². The van der Waals surface area contributed by atoms with E-state index in [1.54, 1.807) is 24.3 Å². The minimum Gasteiger partial charge on any atom is -0.497 e. The third-order valence-electron chi connectivity index (χ3n) is 2.53. The van der Waals surface area contributed by atoms with Gasteiger partial charge in [0.1, 0.15) is 11.5 Å². The molecule has 0 radical (unpaired) electrons. The number of nitrogens with one attached hydrogen (secondary N) is 1. The van der Waals surface area contributed by atoms with Crippen LogP contribution in [-0.2, 0) is 0 Å². The average molecular weight is 294 g/mol. The number of aromatic nitrogens is 2. The Hall–Kier alpha value is -2.34. The van der Waals surface area contributed by atoms with Crippen molar-refractivity contribution in [1.29, 1.82) is 0 Å². The van der Waals surface area contributed by atoms with Crippen molar-refractivity contribution in [1.82, 2.24) is 10.2 Å². The molecule has 0 saturated carbocycles. The van der Waals surface area contributed by atoms with E-state index in [0.717, 1.165) is 0 Å². The van der Waals surface area contributed by atoms with E-state index in [0.29, 0.717) is 22.9 Å². The van der Waals surface area contributed by atoms with Gasteiger partial charge in [-0.25, -0.2) is 0 Å². The fourth-order valence-electron chi connectivity index (χ4n) is 1.55. The molecule has 1 amide bonds. The molecule has 2 aromatic rings. The highest BCUT2D eigenvalue weighted by molar-refractivity contribution is 6.29. The number of carbonyl (C=O) groups is 1. The van der Waals surface area contributed by atoms with Gasteiger partial charge in [0.25, 0.3) is 5.91 Å². The van der Waals surface area contributed by atoms with Crippen LogP contribution in [0.4, 0.5) is 5.82 Å². The molecular formula is C13H12ClN3O3. The van der Waals surface area contributed by atoms with Crippen LogP contribution >= 0.6 is 11.6 Å². The lowest BCUT2D eigenvalue weighted by Gasteiger charge is -2.10.